The first-order chi connectivity index (χ1) is 17.4. The number of benzene rings is 3. The quantitative estimate of drug-likeness (QED) is 0.399. The zero-order valence-electron chi connectivity index (χ0n) is 20.8. The Kier molecular flexibility index (Phi) is 8.32. The van der Waals surface area contributed by atoms with Crippen LogP contribution in [0.25, 0.3) is 11.1 Å². The number of aryl methyl sites for hydroxylation is 1. The van der Waals surface area contributed by atoms with Gasteiger partial charge in [0.25, 0.3) is 5.91 Å². The maximum atomic E-state index is 12.8. The van der Waals surface area contributed by atoms with Gasteiger partial charge in [-0.05, 0) is 65.6 Å². The molecule has 5 heteroatoms. The fourth-order valence-electron chi connectivity index (χ4n) is 4.78. The fraction of sp³-hybridized carbons (Fsp3) is 0.323. The van der Waals surface area contributed by atoms with Crippen molar-refractivity contribution < 1.29 is 19.5 Å². The van der Waals surface area contributed by atoms with Gasteiger partial charge in [0.15, 0.2) is 0 Å². The highest BCUT2D eigenvalue weighted by Crippen LogP contribution is 2.24. The lowest BCUT2D eigenvalue weighted by Crippen LogP contribution is -2.40. The highest BCUT2D eigenvalue weighted by atomic mass is 16.4. The molecule has 1 amide bonds. The van der Waals surface area contributed by atoms with E-state index in [1.165, 1.54) is 23.3 Å². The Hall–Kier alpha value is -3.73. The van der Waals surface area contributed by atoms with Gasteiger partial charge in [0.1, 0.15) is 11.8 Å². The van der Waals surface area contributed by atoms with Crippen molar-refractivity contribution in [3.8, 4) is 11.1 Å². The van der Waals surface area contributed by atoms with E-state index in [4.69, 9.17) is 0 Å². The smallest absolute Gasteiger partial charge is 0.326 e. The van der Waals surface area contributed by atoms with Crippen molar-refractivity contribution in [2.45, 2.75) is 57.9 Å². The molecule has 0 saturated carbocycles. The summed E-state index contributed by atoms with van der Waals surface area (Å²) in [4.78, 5) is 38.2. The average Bonchev–Trinajstić information content (AvgIpc) is 3.39. The Morgan fingerprint density at radius 2 is 1.33 bits per heavy atom. The maximum absolute atomic E-state index is 12.8. The molecule has 36 heavy (non-hydrogen) atoms. The summed E-state index contributed by atoms with van der Waals surface area (Å²) in [5.74, 6) is -0.999. The normalized spacial score (nSPS) is 15.1. The van der Waals surface area contributed by atoms with Crippen molar-refractivity contribution in [1.29, 1.82) is 0 Å². The van der Waals surface area contributed by atoms with Gasteiger partial charge in [-0.25, -0.2) is 4.79 Å². The molecule has 3 aromatic carbocycles. The Balaban J connectivity index is 1.33. The average molecular weight is 484 g/mol. The SMILES string of the molecule is CCCCc1ccc(CC(=O)Cc2ccc(-c3ccc(C(=O)N4CCC[C@@H]4C(=O)O)cc3)cc2)cc1. The highest BCUT2D eigenvalue weighted by molar-refractivity contribution is 5.97. The predicted molar refractivity (Wildman–Crippen MR) is 141 cm³/mol. The van der Waals surface area contributed by atoms with E-state index in [1.54, 1.807) is 12.1 Å². The van der Waals surface area contributed by atoms with Gasteiger partial charge >= 0.3 is 5.97 Å². The van der Waals surface area contributed by atoms with Crippen molar-refractivity contribution in [2.24, 2.45) is 0 Å². The number of aliphatic carboxylic acids is 1. The molecule has 1 saturated heterocycles. The van der Waals surface area contributed by atoms with E-state index in [0.717, 1.165) is 28.7 Å². The van der Waals surface area contributed by atoms with Crippen LogP contribution in [-0.4, -0.2) is 40.3 Å². The lowest BCUT2D eigenvalue weighted by molar-refractivity contribution is -0.141. The van der Waals surface area contributed by atoms with E-state index in [1.807, 2.05) is 36.4 Å². The monoisotopic (exact) mass is 483 g/mol. The van der Waals surface area contributed by atoms with Crippen LogP contribution >= 0.6 is 0 Å². The molecule has 5 nitrogen and oxygen atoms in total. The van der Waals surface area contributed by atoms with Gasteiger partial charge in [0.05, 0.1) is 0 Å². The molecule has 1 aliphatic heterocycles. The van der Waals surface area contributed by atoms with Gasteiger partial charge < -0.3 is 10.0 Å². The summed E-state index contributed by atoms with van der Waals surface area (Å²) in [6, 6.07) is 22.8. The van der Waals surface area contributed by atoms with Crippen LogP contribution in [0.1, 0.15) is 59.7 Å². The minimum absolute atomic E-state index is 0.188. The molecule has 3 aromatic rings. The number of ketones is 1. The molecule has 0 unspecified atom stereocenters. The van der Waals surface area contributed by atoms with Crippen LogP contribution in [0.4, 0.5) is 0 Å². The lowest BCUT2D eigenvalue weighted by Gasteiger charge is -2.21. The van der Waals surface area contributed by atoms with E-state index < -0.39 is 12.0 Å². The van der Waals surface area contributed by atoms with Gasteiger partial charge in [-0.2, -0.15) is 0 Å². The number of carboxylic acids is 1. The molecule has 1 heterocycles. The first-order valence-corrected chi connectivity index (χ1v) is 12.8. The number of carboxylic acid groups (broad SMARTS) is 1. The second kappa shape index (κ2) is 11.8. The summed E-state index contributed by atoms with van der Waals surface area (Å²) in [7, 11) is 0. The molecule has 0 aliphatic carbocycles. The fourth-order valence-corrected chi connectivity index (χ4v) is 4.78. The van der Waals surface area contributed by atoms with E-state index in [-0.39, 0.29) is 11.7 Å². The predicted octanol–water partition coefficient (Wildman–Crippen LogP) is 5.74. The second-order valence-corrected chi connectivity index (χ2v) is 9.58. The van der Waals surface area contributed by atoms with Crippen LogP contribution < -0.4 is 0 Å². The van der Waals surface area contributed by atoms with Gasteiger partial charge in [0, 0.05) is 24.9 Å². The molecule has 1 aliphatic rings. The molecule has 0 radical (unpaired) electrons. The maximum Gasteiger partial charge on any atom is 0.326 e. The van der Waals surface area contributed by atoms with Gasteiger partial charge in [-0.15, -0.1) is 0 Å². The second-order valence-electron chi connectivity index (χ2n) is 9.58. The van der Waals surface area contributed by atoms with Gasteiger partial charge in [0.2, 0.25) is 0 Å². The summed E-state index contributed by atoms with van der Waals surface area (Å²) in [5, 5.41) is 9.34. The van der Waals surface area contributed by atoms with E-state index in [9.17, 15) is 19.5 Å². The molecule has 186 valence electrons. The molecular weight excluding hydrogens is 450 g/mol. The molecule has 1 fully saturated rings. The van der Waals surface area contributed by atoms with Crippen LogP contribution in [0.2, 0.25) is 0 Å². The molecule has 0 bridgehead atoms. The number of carbonyl (C=O) groups excluding carboxylic acids is 2. The van der Waals surface area contributed by atoms with E-state index in [0.29, 0.717) is 37.8 Å². The molecule has 0 aromatic heterocycles. The summed E-state index contributed by atoms with van der Waals surface area (Å²) in [5.41, 5.74) is 5.80. The first-order valence-electron chi connectivity index (χ1n) is 12.8. The van der Waals surface area contributed by atoms with Crippen LogP contribution in [0.15, 0.2) is 72.8 Å². The number of amides is 1. The van der Waals surface area contributed by atoms with Crippen molar-refractivity contribution in [1.82, 2.24) is 4.90 Å². The largest absolute Gasteiger partial charge is 0.480 e. The van der Waals surface area contributed by atoms with Crippen molar-refractivity contribution >= 4 is 17.7 Å². The zero-order valence-corrected chi connectivity index (χ0v) is 20.8. The van der Waals surface area contributed by atoms with Crippen LogP contribution in [0, 0.1) is 0 Å². The molecule has 4 rings (SSSR count). The third-order valence-electron chi connectivity index (χ3n) is 6.86. The topological polar surface area (TPSA) is 74.7 Å². The highest BCUT2D eigenvalue weighted by Gasteiger charge is 2.34. The summed E-state index contributed by atoms with van der Waals surface area (Å²) >= 11 is 0. The molecular formula is C31H33NO4. The van der Waals surface area contributed by atoms with Crippen molar-refractivity contribution in [3.05, 3.63) is 95.1 Å². The minimum Gasteiger partial charge on any atom is -0.480 e. The number of likely N-dealkylation sites (tertiary alicyclic amines) is 1. The number of Topliss-reactive ketones (excluding diaryl/α,β-unsaturated/α-hetero) is 1. The van der Waals surface area contributed by atoms with Crippen LogP contribution in [-0.2, 0) is 28.9 Å². The summed E-state index contributed by atoms with van der Waals surface area (Å²) in [6.45, 7) is 2.66. The first kappa shape index (κ1) is 25.4. The number of rotatable bonds is 10. The minimum atomic E-state index is -0.948. The Bertz CT molecular complexity index is 1200. The number of hydrogen-bond donors (Lipinski definition) is 1. The Morgan fingerprint density at radius 1 is 0.806 bits per heavy atom. The zero-order chi connectivity index (χ0) is 25.5. The molecule has 1 N–H and O–H groups in total. The molecule has 1 atom stereocenters. The van der Waals surface area contributed by atoms with Crippen LogP contribution in [0.5, 0.6) is 0 Å². The molecule has 0 spiro atoms. The summed E-state index contributed by atoms with van der Waals surface area (Å²) < 4.78 is 0. The van der Waals surface area contributed by atoms with Crippen molar-refractivity contribution in [2.75, 3.05) is 6.54 Å². The number of hydrogen-bond acceptors (Lipinski definition) is 3. The summed E-state index contributed by atoms with van der Waals surface area (Å²) in [6.07, 6.45) is 5.48. The number of unbranched alkanes of at least 4 members (excludes halogenated alkanes) is 1. The van der Waals surface area contributed by atoms with E-state index >= 15 is 0 Å². The van der Waals surface area contributed by atoms with Gasteiger partial charge in [-0.3, -0.25) is 9.59 Å². The third-order valence-corrected chi connectivity index (χ3v) is 6.86. The number of carbonyl (C=O) groups is 3. The lowest BCUT2D eigenvalue weighted by atomic mass is 9.98. The van der Waals surface area contributed by atoms with Crippen molar-refractivity contribution in [3.63, 3.8) is 0 Å². The number of nitrogens with zero attached hydrogens (tertiary/aromatic N) is 1. The van der Waals surface area contributed by atoms with Gasteiger partial charge in [-0.1, -0.05) is 74.0 Å². The van der Waals surface area contributed by atoms with Crippen LogP contribution in [0.3, 0.4) is 0 Å². The third kappa shape index (κ3) is 6.28. The standard InChI is InChI=1S/C31H33NO4/c1-2-3-5-22-7-9-23(10-8-22)20-28(33)21-24-11-13-25(14-12-24)26-15-17-27(18-16-26)30(34)32-19-4-6-29(32)31(35)36/h7-18,29H,2-6,19-21H2,1H3,(H,35,36)/t29-/m1/s1. The Labute approximate surface area is 212 Å². The van der Waals surface area contributed by atoms with E-state index in [2.05, 4.69) is 31.2 Å². The Morgan fingerprint density at radius 3 is 1.89 bits per heavy atom.